The average molecular weight is 303 g/mol. The molecule has 1 aliphatic heterocycles. The van der Waals surface area contributed by atoms with Crippen LogP contribution in [0.2, 0.25) is 0 Å². The summed E-state index contributed by atoms with van der Waals surface area (Å²) in [6.07, 6.45) is 0. The van der Waals surface area contributed by atoms with E-state index in [1.54, 1.807) is 14.2 Å². The van der Waals surface area contributed by atoms with Gasteiger partial charge in [-0.2, -0.15) is 0 Å². The van der Waals surface area contributed by atoms with Crippen LogP contribution in [0.4, 0.5) is 5.69 Å². The first-order valence-corrected chi connectivity index (χ1v) is 9.50. The highest BCUT2D eigenvalue weighted by Crippen LogP contribution is 2.59. The van der Waals surface area contributed by atoms with Gasteiger partial charge < -0.3 is 9.05 Å². The molecule has 0 fully saturated rings. The molecule has 8 heteroatoms. The Balaban J connectivity index is 1.97. The van der Waals surface area contributed by atoms with Crippen LogP contribution in [-0.4, -0.2) is 25.1 Å². The smallest absolute Gasteiger partial charge is 0.248 e. The number of nitrogens with zero attached hydrogens (tertiary/aromatic N) is 3. The van der Waals surface area contributed by atoms with Crippen molar-refractivity contribution in [3.8, 4) is 0 Å². The lowest BCUT2D eigenvalue weighted by molar-refractivity contribution is 0.299. The molecule has 0 aromatic heterocycles. The molecule has 0 N–H and O–H groups in total. The van der Waals surface area contributed by atoms with Gasteiger partial charge in [0, 0.05) is 19.8 Å². The van der Waals surface area contributed by atoms with Crippen molar-refractivity contribution in [2.24, 2.45) is 10.3 Å². The Labute approximate surface area is 115 Å². The molecule has 1 heterocycles. The van der Waals surface area contributed by atoms with E-state index in [4.69, 9.17) is 20.9 Å². The fourth-order valence-corrected chi connectivity index (χ4v) is 4.13. The highest BCUT2D eigenvalue weighted by atomic mass is 32.9. The lowest BCUT2D eigenvalue weighted by Crippen LogP contribution is -2.18. The van der Waals surface area contributed by atoms with E-state index in [1.807, 2.05) is 29.3 Å². The first-order valence-electron chi connectivity index (χ1n) is 5.27. The van der Waals surface area contributed by atoms with Crippen molar-refractivity contribution >= 4 is 34.6 Å². The van der Waals surface area contributed by atoms with E-state index in [-0.39, 0.29) is 0 Å². The van der Waals surface area contributed by atoms with E-state index in [1.165, 1.54) is 11.4 Å². The minimum absolute atomic E-state index is 0.608. The van der Waals surface area contributed by atoms with E-state index in [0.717, 1.165) is 17.8 Å². The van der Waals surface area contributed by atoms with E-state index < -0.39 is 5.69 Å². The Morgan fingerprint density at radius 1 is 1.39 bits per heavy atom. The summed E-state index contributed by atoms with van der Waals surface area (Å²) in [5.41, 5.74) is -0.135. The molecule has 1 aromatic carbocycles. The number of rotatable bonds is 5. The summed E-state index contributed by atoms with van der Waals surface area (Å²) in [5.74, 6) is 0.608. The fraction of sp³-hybridized carbons (Fsp3) is 0.400. The minimum Gasteiger partial charge on any atom is -0.325 e. The Hall–Kier alpha value is -0.460. The van der Waals surface area contributed by atoms with Gasteiger partial charge in [-0.25, -0.2) is 0 Å². The molecule has 0 bridgehead atoms. The zero-order chi connectivity index (χ0) is 13.0. The molecule has 18 heavy (non-hydrogen) atoms. The quantitative estimate of drug-likeness (QED) is 0.776. The number of fused-ring (bicyclic) bond motifs is 1. The average Bonchev–Trinajstić information content (AvgIpc) is 2.44. The molecule has 0 unspecified atom stereocenters. The van der Waals surface area contributed by atoms with E-state index in [0.29, 0.717) is 5.88 Å². The Morgan fingerprint density at radius 3 is 2.83 bits per heavy atom. The van der Waals surface area contributed by atoms with Gasteiger partial charge in [0.2, 0.25) is 5.69 Å². The normalized spacial score (nSPS) is 14.7. The minimum atomic E-state index is -2.23. The van der Waals surface area contributed by atoms with Crippen LogP contribution in [0.3, 0.4) is 0 Å². The van der Waals surface area contributed by atoms with E-state index in [9.17, 15) is 0 Å². The van der Waals surface area contributed by atoms with E-state index in [2.05, 4.69) is 10.3 Å². The van der Waals surface area contributed by atoms with Crippen molar-refractivity contribution in [1.82, 2.24) is 5.01 Å². The van der Waals surface area contributed by atoms with Gasteiger partial charge in [0.05, 0.1) is 18.1 Å². The van der Waals surface area contributed by atoms with Gasteiger partial charge in [0.25, 0.3) is 0 Å². The number of hydrogen-bond donors (Lipinski definition) is 0. The van der Waals surface area contributed by atoms with Gasteiger partial charge in [-0.1, -0.05) is 23.4 Å². The van der Waals surface area contributed by atoms with Gasteiger partial charge in [0.15, 0.2) is 0 Å². The van der Waals surface area contributed by atoms with Gasteiger partial charge in [-0.15, -0.1) is 5.11 Å². The molecular formula is C10H14N3O2PS2. The molecule has 0 spiro atoms. The zero-order valence-corrected chi connectivity index (χ0v) is 12.7. The summed E-state index contributed by atoms with van der Waals surface area (Å²) >= 11 is 6.74. The summed E-state index contributed by atoms with van der Waals surface area (Å²) in [6.45, 7) is 0.732. The van der Waals surface area contributed by atoms with Crippen molar-refractivity contribution in [3.63, 3.8) is 0 Å². The molecule has 0 aliphatic carbocycles. The molecule has 0 amide bonds. The Bertz CT molecular complexity index is 490. The topological polar surface area (TPSA) is 46.4 Å². The molecule has 0 saturated heterocycles. The van der Waals surface area contributed by atoms with Gasteiger partial charge in [-0.05, 0) is 29.3 Å². The first kappa shape index (κ1) is 14.0. The standard InChI is InChI=1S/C10H14N3O2PS2/c1-14-16(17,15-2)18-8-13-7-9-5-3-4-6-10(9)11-12-13/h3-6H,7-8H2,1-2H3. The lowest BCUT2D eigenvalue weighted by atomic mass is 10.2. The SMILES string of the molecule is COP(=S)(OC)SCN1Cc2ccccc2N=N1. The third-order valence-electron chi connectivity index (χ3n) is 2.44. The highest BCUT2D eigenvalue weighted by Gasteiger charge is 2.20. The zero-order valence-electron chi connectivity index (χ0n) is 10.1. The lowest BCUT2D eigenvalue weighted by Gasteiger charge is -2.24. The molecule has 5 nitrogen and oxygen atoms in total. The molecule has 1 aromatic rings. The van der Waals surface area contributed by atoms with Crippen molar-refractivity contribution in [3.05, 3.63) is 29.8 Å². The van der Waals surface area contributed by atoms with Crippen LogP contribution in [-0.2, 0) is 27.4 Å². The van der Waals surface area contributed by atoms with Crippen molar-refractivity contribution in [1.29, 1.82) is 0 Å². The second kappa shape index (κ2) is 6.12. The maximum atomic E-state index is 5.28. The number of hydrogen-bond acceptors (Lipinski definition) is 7. The molecule has 1 aliphatic rings. The number of benzene rings is 1. The Kier molecular flexibility index (Phi) is 4.75. The second-order valence-electron chi connectivity index (χ2n) is 3.55. The summed E-state index contributed by atoms with van der Waals surface area (Å²) in [4.78, 5) is 0. The van der Waals surface area contributed by atoms with Crippen LogP contribution in [0.5, 0.6) is 0 Å². The maximum absolute atomic E-state index is 5.28. The molecular weight excluding hydrogens is 289 g/mol. The van der Waals surface area contributed by atoms with Crippen LogP contribution in [0.25, 0.3) is 0 Å². The van der Waals surface area contributed by atoms with Crippen molar-refractivity contribution in [2.45, 2.75) is 6.54 Å². The predicted octanol–water partition coefficient (Wildman–Crippen LogP) is 3.71. The van der Waals surface area contributed by atoms with Gasteiger partial charge in [0.1, 0.15) is 0 Å². The Morgan fingerprint density at radius 2 is 2.11 bits per heavy atom. The van der Waals surface area contributed by atoms with Gasteiger partial charge >= 0.3 is 0 Å². The van der Waals surface area contributed by atoms with Crippen LogP contribution in [0.1, 0.15) is 5.56 Å². The van der Waals surface area contributed by atoms with Crippen LogP contribution >= 0.6 is 17.1 Å². The molecule has 0 saturated carbocycles. The summed E-state index contributed by atoms with van der Waals surface area (Å²) in [7, 11) is 3.15. The van der Waals surface area contributed by atoms with Gasteiger partial charge in [-0.3, -0.25) is 5.01 Å². The third kappa shape index (κ3) is 3.30. The van der Waals surface area contributed by atoms with E-state index >= 15 is 0 Å². The molecule has 98 valence electrons. The third-order valence-corrected chi connectivity index (χ3v) is 8.09. The first-order chi connectivity index (χ1) is 8.67. The fourth-order valence-electron chi connectivity index (χ4n) is 1.47. The summed E-state index contributed by atoms with van der Waals surface area (Å²) < 4.78 is 10.4. The van der Waals surface area contributed by atoms with Crippen LogP contribution in [0.15, 0.2) is 34.6 Å². The summed E-state index contributed by atoms with van der Waals surface area (Å²) in [6, 6.07) is 7.96. The largest absolute Gasteiger partial charge is 0.325 e. The van der Waals surface area contributed by atoms with Crippen molar-refractivity contribution in [2.75, 3.05) is 20.1 Å². The molecule has 0 radical (unpaired) electrons. The highest BCUT2D eigenvalue weighted by molar-refractivity contribution is 8.67. The van der Waals surface area contributed by atoms with Crippen LogP contribution in [0, 0.1) is 0 Å². The van der Waals surface area contributed by atoms with Crippen LogP contribution < -0.4 is 0 Å². The molecule has 0 atom stereocenters. The summed E-state index contributed by atoms with van der Waals surface area (Å²) in [5, 5.41) is 10.2. The maximum Gasteiger partial charge on any atom is 0.248 e. The molecule has 2 rings (SSSR count). The van der Waals surface area contributed by atoms with Crippen molar-refractivity contribution < 1.29 is 9.05 Å². The predicted molar refractivity (Wildman–Crippen MR) is 77.3 cm³/mol. The second-order valence-corrected chi connectivity index (χ2v) is 10.0. The monoisotopic (exact) mass is 303 g/mol.